The number of esters is 1. The zero-order chi connectivity index (χ0) is 27.8. The highest BCUT2D eigenvalue weighted by molar-refractivity contribution is 6.47. The van der Waals surface area contributed by atoms with E-state index in [1.54, 1.807) is 20.8 Å². The van der Waals surface area contributed by atoms with E-state index >= 15 is 0 Å². The van der Waals surface area contributed by atoms with Gasteiger partial charge in [-0.1, -0.05) is 20.8 Å². The Morgan fingerprint density at radius 2 is 2.00 bits per heavy atom. The van der Waals surface area contributed by atoms with Crippen LogP contribution >= 0.6 is 0 Å². The first kappa shape index (κ1) is 27.2. The fraction of sp³-hybridized carbons (Fsp3) is 0.778. The number of hydrogen-bond donors (Lipinski definition) is 2. The molecule has 2 bridgehead atoms. The standard InChI is InChI=1S/C27H41BN4O6/c1-8-20(28-37-19-12-15-11-18(26(15,5)6)27(19,7)38-28)31-23(34)17-9-14(10-21(33)36-25(2,3)4)22-30-13-16(29)24(35)32(17)22/h13-15,17-20H,8-12,29H2,1-7H3,(H,31,34)/t14?,15-,17-,18-,19+,20-,27-/m0/s1. The molecule has 11 heteroatoms. The largest absolute Gasteiger partial charge is 0.481 e. The molecule has 0 spiro atoms. The van der Waals surface area contributed by atoms with Crippen LogP contribution in [0.3, 0.4) is 0 Å². The second-order valence-electron chi connectivity index (χ2n) is 13.3. The highest BCUT2D eigenvalue weighted by atomic mass is 16.7. The van der Waals surface area contributed by atoms with Gasteiger partial charge in [-0.15, -0.1) is 0 Å². The van der Waals surface area contributed by atoms with Crippen LogP contribution in [-0.2, 0) is 23.6 Å². The van der Waals surface area contributed by atoms with Gasteiger partial charge >= 0.3 is 13.1 Å². The zero-order valence-electron chi connectivity index (χ0n) is 23.6. The summed E-state index contributed by atoms with van der Waals surface area (Å²) >= 11 is 0. The fourth-order valence-electron chi connectivity index (χ4n) is 7.28. The maximum atomic E-state index is 13.7. The van der Waals surface area contributed by atoms with Gasteiger partial charge in [0.25, 0.3) is 5.56 Å². The van der Waals surface area contributed by atoms with E-state index in [0.29, 0.717) is 24.1 Å². The van der Waals surface area contributed by atoms with Crippen molar-refractivity contribution in [3.8, 4) is 0 Å². The average molecular weight is 528 g/mol. The first-order valence-electron chi connectivity index (χ1n) is 13.9. The fourth-order valence-corrected chi connectivity index (χ4v) is 7.28. The monoisotopic (exact) mass is 528 g/mol. The van der Waals surface area contributed by atoms with Crippen LogP contribution in [0.15, 0.2) is 11.0 Å². The van der Waals surface area contributed by atoms with Gasteiger partial charge in [0, 0.05) is 5.92 Å². The Bertz CT molecular complexity index is 1190. The Balaban J connectivity index is 1.33. The summed E-state index contributed by atoms with van der Waals surface area (Å²) in [5.41, 5.74) is 4.55. The number of carbonyl (C=O) groups excluding carboxylic acids is 2. The lowest BCUT2D eigenvalue weighted by molar-refractivity contribution is -0.199. The summed E-state index contributed by atoms with van der Waals surface area (Å²) in [7, 11) is -0.566. The van der Waals surface area contributed by atoms with Gasteiger partial charge in [-0.05, 0) is 70.6 Å². The van der Waals surface area contributed by atoms with Gasteiger partial charge in [-0.2, -0.15) is 0 Å². The van der Waals surface area contributed by atoms with Crippen molar-refractivity contribution in [3.05, 3.63) is 22.4 Å². The van der Waals surface area contributed by atoms with Crippen LogP contribution in [0, 0.1) is 17.3 Å². The quantitative estimate of drug-likeness (QED) is 0.425. The molecule has 6 rings (SSSR count). The summed E-state index contributed by atoms with van der Waals surface area (Å²) in [6.45, 7) is 14.1. The molecule has 2 aliphatic heterocycles. The van der Waals surface area contributed by atoms with Gasteiger partial charge in [0.2, 0.25) is 5.91 Å². The van der Waals surface area contributed by atoms with Gasteiger partial charge in [0.1, 0.15) is 23.2 Å². The third kappa shape index (κ3) is 4.35. The van der Waals surface area contributed by atoms with E-state index in [9.17, 15) is 14.4 Å². The lowest BCUT2D eigenvalue weighted by atomic mass is 9.43. The normalized spacial score (nSPS) is 33.7. The molecule has 1 aromatic rings. The van der Waals surface area contributed by atoms with Crippen LogP contribution < -0.4 is 16.6 Å². The number of rotatable bonds is 6. The summed E-state index contributed by atoms with van der Waals surface area (Å²) in [5.74, 6) is -0.151. The number of ether oxygens (including phenoxy) is 1. The number of nitrogens with two attached hydrogens (primary N) is 1. The molecule has 1 unspecified atom stereocenters. The van der Waals surface area contributed by atoms with Crippen LogP contribution in [0.5, 0.6) is 0 Å². The SMILES string of the molecule is CC[C@H](NC(=O)[C@@H]1CC(CC(=O)OC(C)(C)C)c2ncc(N)c(=O)n21)B1O[C@@H]2C[C@@H]3C[C@@H](C3(C)C)[C@]2(C)O1. The van der Waals surface area contributed by atoms with Crippen molar-refractivity contribution in [2.24, 2.45) is 17.3 Å². The Kier molecular flexibility index (Phi) is 6.49. The number of hydrogen-bond acceptors (Lipinski definition) is 8. The number of nitrogen functional groups attached to an aromatic ring is 1. The number of amides is 1. The van der Waals surface area contributed by atoms with Gasteiger partial charge < -0.3 is 25.1 Å². The molecule has 3 saturated carbocycles. The maximum Gasteiger partial charge on any atom is 0.481 e. The van der Waals surface area contributed by atoms with Crippen molar-refractivity contribution >= 4 is 24.7 Å². The molecule has 208 valence electrons. The molecule has 0 radical (unpaired) electrons. The van der Waals surface area contributed by atoms with E-state index in [4.69, 9.17) is 19.8 Å². The Morgan fingerprint density at radius 3 is 2.63 bits per heavy atom. The van der Waals surface area contributed by atoms with Gasteiger partial charge in [-0.25, -0.2) is 4.98 Å². The molecule has 1 saturated heterocycles. The van der Waals surface area contributed by atoms with Crippen LogP contribution in [0.25, 0.3) is 0 Å². The molecular weight excluding hydrogens is 487 g/mol. The average Bonchev–Trinajstić information content (AvgIpc) is 3.35. The molecule has 38 heavy (non-hydrogen) atoms. The zero-order valence-corrected chi connectivity index (χ0v) is 23.6. The summed E-state index contributed by atoms with van der Waals surface area (Å²) in [6.07, 6.45) is 4.27. The molecular formula is C27H41BN4O6. The number of nitrogens with one attached hydrogen (secondary N) is 1. The van der Waals surface area contributed by atoms with E-state index in [0.717, 1.165) is 12.8 Å². The molecule has 0 aromatic carbocycles. The molecule has 10 nitrogen and oxygen atoms in total. The molecule has 5 aliphatic rings. The Morgan fingerprint density at radius 1 is 1.29 bits per heavy atom. The van der Waals surface area contributed by atoms with E-state index in [1.807, 2.05) is 6.92 Å². The number of carbonyl (C=O) groups is 2. The third-order valence-corrected chi connectivity index (χ3v) is 9.43. The second-order valence-corrected chi connectivity index (χ2v) is 13.3. The highest BCUT2D eigenvalue weighted by Gasteiger charge is 2.68. The summed E-state index contributed by atoms with van der Waals surface area (Å²) in [6, 6.07) is -0.846. The maximum absolute atomic E-state index is 13.7. The van der Waals surface area contributed by atoms with Crippen molar-refractivity contribution in [2.45, 2.75) is 116 Å². The smallest absolute Gasteiger partial charge is 0.460 e. The minimum atomic E-state index is -0.846. The van der Waals surface area contributed by atoms with E-state index in [2.05, 4.69) is 31.1 Å². The van der Waals surface area contributed by atoms with Crippen LogP contribution in [-0.4, -0.2) is 51.8 Å². The number of anilines is 1. The van der Waals surface area contributed by atoms with Crippen molar-refractivity contribution in [1.29, 1.82) is 0 Å². The van der Waals surface area contributed by atoms with Gasteiger partial charge in [-0.3, -0.25) is 19.0 Å². The molecule has 1 amide bonds. The summed E-state index contributed by atoms with van der Waals surface area (Å²) < 4.78 is 19.8. The summed E-state index contributed by atoms with van der Waals surface area (Å²) in [4.78, 5) is 43.6. The summed E-state index contributed by atoms with van der Waals surface area (Å²) in [5, 5.41) is 3.09. The van der Waals surface area contributed by atoms with Crippen LogP contribution in [0.4, 0.5) is 5.69 Å². The lowest BCUT2D eigenvalue weighted by Gasteiger charge is -2.64. The number of nitrogens with zero attached hydrogens (tertiary/aromatic N) is 2. The van der Waals surface area contributed by atoms with Crippen molar-refractivity contribution in [3.63, 3.8) is 0 Å². The number of aromatic nitrogens is 2. The molecule has 3 aliphatic carbocycles. The van der Waals surface area contributed by atoms with Crippen LogP contribution in [0.1, 0.15) is 98.4 Å². The molecule has 3 N–H and O–H groups in total. The first-order chi connectivity index (χ1) is 17.7. The second kappa shape index (κ2) is 9.08. The van der Waals surface area contributed by atoms with Crippen LogP contribution in [0.2, 0.25) is 0 Å². The predicted molar refractivity (Wildman–Crippen MR) is 142 cm³/mol. The highest BCUT2D eigenvalue weighted by Crippen LogP contribution is 2.65. The molecule has 4 fully saturated rings. The van der Waals surface area contributed by atoms with Gasteiger partial charge in [0.15, 0.2) is 0 Å². The van der Waals surface area contributed by atoms with E-state index < -0.39 is 36.2 Å². The van der Waals surface area contributed by atoms with Crippen molar-refractivity contribution < 1.29 is 23.6 Å². The number of fused-ring (bicyclic) bond motifs is 1. The Hall–Kier alpha value is -2.40. The van der Waals surface area contributed by atoms with Crippen molar-refractivity contribution in [1.82, 2.24) is 14.9 Å². The van der Waals surface area contributed by atoms with Gasteiger partial charge in [0.05, 0.1) is 30.3 Å². The van der Waals surface area contributed by atoms with E-state index in [-0.39, 0.29) is 47.5 Å². The van der Waals surface area contributed by atoms with E-state index in [1.165, 1.54) is 10.8 Å². The minimum Gasteiger partial charge on any atom is -0.460 e. The molecule has 1 aromatic heterocycles. The van der Waals surface area contributed by atoms with Crippen molar-refractivity contribution in [2.75, 3.05) is 5.73 Å². The molecule has 3 heterocycles. The topological polar surface area (TPSA) is 135 Å². The Labute approximate surface area is 224 Å². The minimum absolute atomic E-state index is 0.00672. The third-order valence-electron chi connectivity index (χ3n) is 9.43. The lowest BCUT2D eigenvalue weighted by Crippen LogP contribution is -2.65. The molecule has 7 atom stereocenters. The predicted octanol–water partition coefficient (Wildman–Crippen LogP) is 2.75. The first-order valence-corrected chi connectivity index (χ1v) is 13.9.